The van der Waals surface area contributed by atoms with E-state index in [1.807, 2.05) is 24.3 Å². The summed E-state index contributed by atoms with van der Waals surface area (Å²) in [5.74, 6) is -0.177. The van der Waals surface area contributed by atoms with Crippen molar-refractivity contribution < 1.29 is 18.7 Å². The second kappa shape index (κ2) is 8.22. The normalized spacial score (nSPS) is 11.3. The number of ether oxygens (including phenoxy) is 1. The van der Waals surface area contributed by atoms with Crippen LogP contribution in [-0.4, -0.2) is 18.0 Å². The summed E-state index contributed by atoms with van der Waals surface area (Å²) in [5, 5.41) is 3.67. The van der Waals surface area contributed by atoms with E-state index in [2.05, 4.69) is 21.2 Å². The van der Waals surface area contributed by atoms with Gasteiger partial charge in [0.25, 0.3) is 0 Å². The van der Waals surface area contributed by atoms with Crippen molar-refractivity contribution >= 4 is 50.5 Å². The minimum atomic E-state index is -0.426. The molecule has 3 rings (SSSR count). The maximum Gasteiger partial charge on any atom is 0.338 e. The molecule has 0 aliphatic rings. The first-order valence-corrected chi connectivity index (χ1v) is 9.19. The molecular weight excluding hydrogens is 410 g/mol. The molecule has 1 N–H and O–H groups in total. The zero-order valence-electron chi connectivity index (χ0n) is 14.9. The number of nitrogens with one attached hydrogen (secondary N) is 1. The van der Waals surface area contributed by atoms with Gasteiger partial charge in [0.15, 0.2) is 0 Å². The molecule has 5 nitrogen and oxygen atoms in total. The lowest BCUT2D eigenvalue weighted by Crippen LogP contribution is -2.13. The van der Waals surface area contributed by atoms with E-state index in [1.54, 1.807) is 44.2 Å². The Morgan fingerprint density at radius 1 is 1.15 bits per heavy atom. The van der Waals surface area contributed by atoms with Crippen molar-refractivity contribution in [1.82, 2.24) is 0 Å². The van der Waals surface area contributed by atoms with Crippen LogP contribution in [-0.2, 0) is 9.53 Å². The molecule has 0 aliphatic heterocycles. The third-order valence-electron chi connectivity index (χ3n) is 3.60. The van der Waals surface area contributed by atoms with E-state index < -0.39 is 5.97 Å². The average Bonchev–Trinajstić information content (AvgIpc) is 3.01. The molecule has 0 unspecified atom stereocenters. The summed E-state index contributed by atoms with van der Waals surface area (Å²) in [6.45, 7) is 3.57. The van der Waals surface area contributed by atoms with Gasteiger partial charge in [0.05, 0.1) is 11.7 Å². The van der Waals surface area contributed by atoms with Crippen LogP contribution in [0.5, 0.6) is 0 Å². The summed E-state index contributed by atoms with van der Waals surface area (Å²) in [7, 11) is 0. The molecule has 6 heteroatoms. The second-order valence-electron chi connectivity index (χ2n) is 6.19. The Bertz CT molecular complexity index is 1020. The molecule has 0 atom stereocenters. The largest absolute Gasteiger partial charge is 0.459 e. The summed E-state index contributed by atoms with van der Waals surface area (Å²) in [4.78, 5) is 24.1. The number of carbonyl (C=O) groups is 2. The minimum Gasteiger partial charge on any atom is -0.459 e. The predicted molar refractivity (Wildman–Crippen MR) is 109 cm³/mol. The summed E-state index contributed by atoms with van der Waals surface area (Å²) in [6, 6.07) is 14.2. The molecule has 0 saturated heterocycles. The standard InChI is InChI=1S/C21H18BrNO4/c1-13(2)26-21(25)14-4-3-5-17(11-14)23-20(24)9-7-18-12-15-10-16(22)6-8-19(15)27-18/h3-13H,1-2H3,(H,23,24). The Kier molecular flexibility index (Phi) is 5.76. The lowest BCUT2D eigenvalue weighted by molar-refractivity contribution is -0.111. The Hall–Kier alpha value is -2.86. The van der Waals surface area contributed by atoms with E-state index in [0.29, 0.717) is 17.0 Å². The van der Waals surface area contributed by atoms with Gasteiger partial charge in [-0.25, -0.2) is 4.79 Å². The molecule has 1 amide bonds. The van der Waals surface area contributed by atoms with Gasteiger partial charge in [-0.15, -0.1) is 0 Å². The molecule has 0 fully saturated rings. The van der Waals surface area contributed by atoms with Crippen molar-refractivity contribution in [3.05, 3.63) is 70.4 Å². The highest BCUT2D eigenvalue weighted by atomic mass is 79.9. The van der Waals surface area contributed by atoms with E-state index in [4.69, 9.17) is 9.15 Å². The van der Waals surface area contributed by atoms with Crippen molar-refractivity contribution in [2.75, 3.05) is 5.32 Å². The fraction of sp³-hybridized carbons (Fsp3) is 0.143. The van der Waals surface area contributed by atoms with Crippen molar-refractivity contribution in [3.63, 3.8) is 0 Å². The maximum absolute atomic E-state index is 12.2. The molecule has 27 heavy (non-hydrogen) atoms. The Balaban J connectivity index is 1.67. The van der Waals surface area contributed by atoms with Crippen LogP contribution < -0.4 is 5.32 Å². The molecule has 0 saturated carbocycles. The van der Waals surface area contributed by atoms with Gasteiger partial charge in [-0.2, -0.15) is 0 Å². The Morgan fingerprint density at radius 2 is 1.96 bits per heavy atom. The molecule has 0 bridgehead atoms. The molecule has 0 spiro atoms. The number of halogens is 1. The van der Waals surface area contributed by atoms with Crippen LogP contribution in [0.2, 0.25) is 0 Å². The first-order valence-electron chi connectivity index (χ1n) is 8.40. The number of anilines is 1. The SMILES string of the molecule is CC(C)OC(=O)c1cccc(NC(=O)C=Cc2cc3cc(Br)ccc3o2)c1. The monoisotopic (exact) mass is 427 g/mol. The van der Waals surface area contributed by atoms with Gasteiger partial charge in [-0.05, 0) is 62.4 Å². The molecule has 0 radical (unpaired) electrons. The van der Waals surface area contributed by atoms with Crippen LogP contribution in [0.3, 0.4) is 0 Å². The summed E-state index contributed by atoms with van der Waals surface area (Å²) in [6.07, 6.45) is 2.77. The number of hydrogen-bond acceptors (Lipinski definition) is 4. The van der Waals surface area contributed by atoms with Crippen molar-refractivity contribution in [2.24, 2.45) is 0 Å². The van der Waals surface area contributed by atoms with E-state index in [1.165, 1.54) is 6.08 Å². The number of rotatable bonds is 5. The number of benzene rings is 2. The second-order valence-corrected chi connectivity index (χ2v) is 7.10. The molecule has 3 aromatic rings. The number of hydrogen-bond donors (Lipinski definition) is 1. The Morgan fingerprint density at radius 3 is 2.74 bits per heavy atom. The number of carbonyl (C=O) groups excluding carboxylic acids is 2. The number of amides is 1. The summed E-state index contributed by atoms with van der Waals surface area (Å²) < 4.78 is 11.8. The zero-order chi connectivity index (χ0) is 19.4. The van der Waals surface area contributed by atoms with Crippen LogP contribution in [0.25, 0.3) is 17.0 Å². The quantitative estimate of drug-likeness (QED) is 0.436. The molecule has 2 aromatic carbocycles. The van der Waals surface area contributed by atoms with Gasteiger partial charge >= 0.3 is 5.97 Å². The molecule has 1 heterocycles. The van der Waals surface area contributed by atoms with Crippen molar-refractivity contribution in [1.29, 1.82) is 0 Å². The highest BCUT2D eigenvalue weighted by Gasteiger charge is 2.10. The van der Waals surface area contributed by atoms with Gasteiger partial charge in [0.2, 0.25) is 5.91 Å². The van der Waals surface area contributed by atoms with Gasteiger partial charge in [-0.1, -0.05) is 22.0 Å². The molecular formula is C21H18BrNO4. The average molecular weight is 428 g/mol. The third-order valence-corrected chi connectivity index (χ3v) is 4.10. The maximum atomic E-state index is 12.2. The fourth-order valence-corrected chi connectivity index (χ4v) is 2.84. The van der Waals surface area contributed by atoms with Gasteiger partial charge in [0.1, 0.15) is 11.3 Å². The van der Waals surface area contributed by atoms with Crippen LogP contribution in [0, 0.1) is 0 Å². The van der Waals surface area contributed by atoms with Crippen LogP contribution in [0.1, 0.15) is 30.0 Å². The van der Waals surface area contributed by atoms with E-state index in [-0.39, 0.29) is 12.0 Å². The predicted octanol–water partition coefficient (Wildman–Crippen LogP) is 5.41. The number of furan rings is 1. The van der Waals surface area contributed by atoms with Crippen LogP contribution >= 0.6 is 15.9 Å². The first-order chi connectivity index (χ1) is 12.9. The minimum absolute atomic E-state index is 0.205. The van der Waals surface area contributed by atoms with Crippen LogP contribution in [0.15, 0.2) is 63.5 Å². The fourth-order valence-electron chi connectivity index (χ4n) is 2.46. The molecule has 138 valence electrons. The highest BCUT2D eigenvalue weighted by molar-refractivity contribution is 9.10. The van der Waals surface area contributed by atoms with E-state index in [0.717, 1.165) is 15.4 Å². The van der Waals surface area contributed by atoms with Gasteiger partial charge < -0.3 is 14.5 Å². The van der Waals surface area contributed by atoms with E-state index in [9.17, 15) is 9.59 Å². The third kappa shape index (κ3) is 5.08. The Labute approximate surface area is 165 Å². The van der Waals surface area contributed by atoms with Crippen molar-refractivity contribution in [3.8, 4) is 0 Å². The van der Waals surface area contributed by atoms with E-state index >= 15 is 0 Å². The summed E-state index contributed by atoms with van der Waals surface area (Å²) in [5.41, 5.74) is 1.64. The molecule has 1 aromatic heterocycles. The lowest BCUT2D eigenvalue weighted by Gasteiger charge is -2.09. The van der Waals surface area contributed by atoms with Crippen molar-refractivity contribution in [2.45, 2.75) is 20.0 Å². The number of fused-ring (bicyclic) bond motifs is 1. The van der Waals surface area contributed by atoms with Gasteiger partial charge in [-0.3, -0.25) is 4.79 Å². The number of esters is 1. The lowest BCUT2D eigenvalue weighted by atomic mass is 10.2. The topological polar surface area (TPSA) is 68.5 Å². The van der Waals surface area contributed by atoms with Gasteiger partial charge in [0, 0.05) is 21.6 Å². The zero-order valence-corrected chi connectivity index (χ0v) is 16.4. The smallest absolute Gasteiger partial charge is 0.338 e. The summed E-state index contributed by atoms with van der Waals surface area (Å²) >= 11 is 3.41. The molecule has 0 aliphatic carbocycles. The highest BCUT2D eigenvalue weighted by Crippen LogP contribution is 2.24. The first kappa shape index (κ1) is 18.9. The van der Waals surface area contributed by atoms with Crippen LogP contribution in [0.4, 0.5) is 5.69 Å².